The second-order valence-electron chi connectivity index (χ2n) is 4.98. The molecule has 1 atom stereocenters. The van der Waals surface area contributed by atoms with Crippen molar-refractivity contribution >= 4 is 5.97 Å². The van der Waals surface area contributed by atoms with Crippen molar-refractivity contribution in [2.45, 2.75) is 45.1 Å². The van der Waals surface area contributed by atoms with Crippen molar-refractivity contribution in [3.05, 3.63) is 0 Å². The van der Waals surface area contributed by atoms with Crippen LogP contribution in [0, 0.1) is 5.41 Å². The molecule has 3 nitrogen and oxygen atoms in total. The Morgan fingerprint density at radius 2 is 1.86 bits per heavy atom. The van der Waals surface area contributed by atoms with Crippen molar-refractivity contribution in [3.8, 4) is 0 Å². The van der Waals surface area contributed by atoms with Gasteiger partial charge in [0.1, 0.15) is 6.04 Å². The van der Waals surface area contributed by atoms with Crippen LogP contribution in [-0.2, 0) is 4.79 Å². The van der Waals surface area contributed by atoms with Crippen molar-refractivity contribution in [2.24, 2.45) is 5.41 Å². The van der Waals surface area contributed by atoms with Gasteiger partial charge in [0.2, 0.25) is 0 Å². The molecule has 0 aromatic heterocycles. The summed E-state index contributed by atoms with van der Waals surface area (Å²) in [4.78, 5) is 12.9. The molecule has 0 bridgehead atoms. The summed E-state index contributed by atoms with van der Waals surface area (Å²) in [5.41, 5.74) is 0.502. The molecule has 2 aliphatic rings. The molecule has 1 N–H and O–H groups in total. The Morgan fingerprint density at radius 1 is 1.29 bits per heavy atom. The van der Waals surface area contributed by atoms with E-state index in [1.54, 1.807) is 6.92 Å². The number of aliphatic carboxylic acids is 1. The van der Waals surface area contributed by atoms with E-state index in [-0.39, 0.29) is 6.04 Å². The van der Waals surface area contributed by atoms with Gasteiger partial charge in [-0.15, -0.1) is 0 Å². The Bertz CT molecular complexity index is 225. The largest absolute Gasteiger partial charge is 0.480 e. The summed E-state index contributed by atoms with van der Waals surface area (Å²) >= 11 is 0. The first-order valence-electron chi connectivity index (χ1n) is 5.60. The maximum atomic E-state index is 10.8. The van der Waals surface area contributed by atoms with Crippen LogP contribution in [0.5, 0.6) is 0 Å². The molecule has 80 valence electrons. The third-order valence-electron chi connectivity index (χ3n) is 3.90. The van der Waals surface area contributed by atoms with Gasteiger partial charge in [0.15, 0.2) is 0 Å². The topological polar surface area (TPSA) is 40.5 Å². The smallest absolute Gasteiger partial charge is 0.320 e. The minimum atomic E-state index is -0.685. The molecule has 1 unspecified atom stereocenters. The van der Waals surface area contributed by atoms with Crippen molar-refractivity contribution in [3.63, 3.8) is 0 Å². The van der Waals surface area contributed by atoms with E-state index in [4.69, 9.17) is 5.11 Å². The monoisotopic (exact) mass is 197 g/mol. The number of nitrogens with zero attached hydrogens (tertiary/aromatic N) is 1. The Balaban J connectivity index is 1.85. The average Bonchev–Trinajstić information content (AvgIpc) is 2.14. The first-order chi connectivity index (χ1) is 6.63. The second kappa shape index (κ2) is 3.54. The van der Waals surface area contributed by atoms with Crippen LogP contribution < -0.4 is 0 Å². The molecule has 1 saturated carbocycles. The number of likely N-dealkylation sites (tertiary alicyclic amines) is 1. The van der Waals surface area contributed by atoms with E-state index in [1.807, 2.05) is 0 Å². The number of hydrogen-bond donors (Lipinski definition) is 1. The van der Waals surface area contributed by atoms with Gasteiger partial charge >= 0.3 is 5.97 Å². The Morgan fingerprint density at radius 3 is 2.36 bits per heavy atom. The third kappa shape index (κ3) is 1.65. The van der Waals surface area contributed by atoms with Gasteiger partial charge in [-0.05, 0) is 25.2 Å². The fraction of sp³-hybridized carbons (Fsp3) is 0.909. The quantitative estimate of drug-likeness (QED) is 0.733. The molecule has 0 radical (unpaired) electrons. The second-order valence-corrected chi connectivity index (χ2v) is 4.98. The lowest BCUT2D eigenvalue weighted by Crippen LogP contribution is -2.61. The zero-order chi connectivity index (χ0) is 10.2. The van der Waals surface area contributed by atoms with E-state index in [0.717, 1.165) is 13.1 Å². The molecule has 1 saturated heterocycles. The lowest BCUT2D eigenvalue weighted by molar-refractivity contribution is -0.149. The molecule has 1 heterocycles. The minimum Gasteiger partial charge on any atom is -0.480 e. The Kier molecular flexibility index (Phi) is 2.52. The third-order valence-corrected chi connectivity index (χ3v) is 3.90. The van der Waals surface area contributed by atoms with Crippen molar-refractivity contribution in [1.82, 2.24) is 4.90 Å². The highest BCUT2D eigenvalue weighted by Crippen LogP contribution is 2.44. The normalized spacial score (nSPS) is 28.4. The van der Waals surface area contributed by atoms with Gasteiger partial charge in [0, 0.05) is 13.1 Å². The lowest BCUT2D eigenvalue weighted by atomic mass is 9.68. The van der Waals surface area contributed by atoms with Gasteiger partial charge in [-0.25, -0.2) is 0 Å². The van der Waals surface area contributed by atoms with Crippen LogP contribution in [-0.4, -0.2) is 35.1 Å². The standard InChI is InChI=1S/C11H19NO2/c1-9(10(13)14)12-7-11(8-12)5-3-2-4-6-11/h9H,2-8H2,1H3,(H,13,14). The number of hydrogen-bond acceptors (Lipinski definition) is 2. The van der Waals surface area contributed by atoms with E-state index < -0.39 is 5.97 Å². The molecule has 3 heteroatoms. The predicted molar refractivity (Wildman–Crippen MR) is 54.2 cm³/mol. The van der Waals surface area contributed by atoms with E-state index in [0.29, 0.717) is 5.41 Å². The average molecular weight is 197 g/mol. The van der Waals surface area contributed by atoms with E-state index in [2.05, 4.69) is 4.90 Å². The number of rotatable bonds is 2. The molecule has 0 aromatic carbocycles. The van der Waals surface area contributed by atoms with E-state index in [9.17, 15) is 4.79 Å². The van der Waals surface area contributed by atoms with Crippen molar-refractivity contribution < 1.29 is 9.90 Å². The molecule has 2 rings (SSSR count). The summed E-state index contributed by atoms with van der Waals surface area (Å²) in [7, 11) is 0. The summed E-state index contributed by atoms with van der Waals surface area (Å²) in [5.74, 6) is -0.685. The summed E-state index contributed by atoms with van der Waals surface area (Å²) in [5, 5.41) is 8.86. The van der Waals surface area contributed by atoms with Crippen LogP contribution in [0.3, 0.4) is 0 Å². The van der Waals surface area contributed by atoms with Crippen LogP contribution >= 0.6 is 0 Å². The minimum absolute atomic E-state index is 0.289. The van der Waals surface area contributed by atoms with Gasteiger partial charge in [-0.3, -0.25) is 9.69 Å². The summed E-state index contributed by atoms with van der Waals surface area (Å²) in [6, 6.07) is -0.289. The highest BCUT2D eigenvalue weighted by Gasteiger charge is 2.45. The fourth-order valence-electron chi connectivity index (χ4n) is 2.86. The molecule has 14 heavy (non-hydrogen) atoms. The first kappa shape index (κ1) is 9.97. The van der Waals surface area contributed by atoms with Gasteiger partial charge in [0.05, 0.1) is 0 Å². The highest BCUT2D eigenvalue weighted by atomic mass is 16.4. The van der Waals surface area contributed by atoms with Gasteiger partial charge < -0.3 is 5.11 Å². The summed E-state index contributed by atoms with van der Waals surface area (Å²) in [6.07, 6.45) is 6.69. The predicted octanol–water partition coefficient (Wildman–Crippen LogP) is 1.73. The SMILES string of the molecule is CC(C(=O)O)N1CC2(CCCCC2)C1. The summed E-state index contributed by atoms with van der Waals surface area (Å²) in [6.45, 7) is 3.82. The maximum Gasteiger partial charge on any atom is 0.320 e. The van der Waals surface area contributed by atoms with Crippen LogP contribution in [0.1, 0.15) is 39.0 Å². The molecular formula is C11H19NO2. The molecule has 1 spiro atoms. The number of carboxylic acid groups (broad SMARTS) is 1. The van der Waals surface area contributed by atoms with Gasteiger partial charge in [-0.2, -0.15) is 0 Å². The van der Waals surface area contributed by atoms with Crippen LogP contribution in [0.2, 0.25) is 0 Å². The molecule has 0 aromatic rings. The van der Waals surface area contributed by atoms with Crippen molar-refractivity contribution in [1.29, 1.82) is 0 Å². The molecule has 1 aliphatic carbocycles. The number of carboxylic acids is 1. The first-order valence-corrected chi connectivity index (χ1v) is 5.60. The highest BCUT2D eigenvalue weighted by molar-refractivity contribution is 5.73. The van der Waals surface area contributed by atoms with Crippen LogP contribution in [0.25, 0.3) is 0 Å². The lowest BCUT2D eigenvalue weighted by Gasteiger charge is -2.53. The molecule has 0 amide bonds. The van der Waals surface area contributed by atoms with Gasteiger partial charge in [0.25, 0.3) is 0 Å². The van der Waals surface area contributed by atoms with E-state index in [1.165, 1.54) is 32.1 Å². The van der Waals surface area contributed by atoms with Crippen LogP contribution in [0.4, 0.5) is 0 Å². The van der Waals surface area contributed by atoms with E-state index >= 15 is 0 Å². The zero-order valence-electron chi connectivity index (χ0n) is 8.83. The Hall–Kier alpha value is -0.570. The molecule has 2 fully saturated rings. The molecule has 1 aliphatic heterocycles. The number of carbonyl (C=O) groups is 1. The van der Waals surface area contributed by atoms with Crippen molar-refractivity contribution in [2.75, 3.05) is 13.1 Å². The zero-order valence-corrected chi connectivity index (χ0v) is 8.83. The fourth-order valence-corrected chi connectivity index (χ4v) is 2.86. The Labute approximate surface area is 85.1 Å². The maximum absolute atomic E-state index is 10.8. The molecular weight excluding hydrogens is 178 g/mol. The van der Waals surface area contributed by atoms with Gasteiger partial charge in [-0.1, -0.05) is 19.3 Å². The van der Waals surface area contributed by atoms with Crippen LogP contribution in [0.15, 0.2) is 0 Å². The summed E-state index contributed by atoms with van der Waals surface area (Å²) < 4.78 is 0.